The molecule has 0 aromatic heterocycles. The van der Waals surface area contributed by atoms with Gasteiger partial charge in [-0.3, -0.25) is 4.79 Å². The van der Waals surface area contributed by atoms with E-state index in [4.69, 9.17) is 0 Å². The minimum atomic E-state index is 0.0943. The summed E-state index contributed by atoms with van der Waals surface area (Å²) in [6, 6.07) is 0.260. The molecule has 0 aromatic rings. The van der Waals surface area contributed by atoms with Gasteiger partial charge in [-0.05, 0) is 20.0 Å². The van der Waals surface area contributed by atoms with Gasteiger partial charge in [0.1, 0.15) is 0 Å². The van der Waals surface area contributed by atoms with E-state index in [-0.39, 0.29) is 11.8 Å². The van der Waals surface area contributed by atoms with Crippen LogP contribution in [-0.4, -0.2) is 18.9 Å². The Hall–Kier alpha value is -0.630. The van der Waals surface area contributed by atoms with Crippen molar-refractivity contribution in [2.45, 2.75) is 19.4 Å². The Morgan fingerprint density at radius 3 is 2.78 bits per heavy atom. The first kappa shape index (κ1) is 8.37. The predicted molar refractivity (Wildman–Crippen MR) is 38.3 cm³/mol. The van der Waals surface area contributed by atoms with Gasteiger partial charge in [-0.1, -0.05) is 6.58 Å². The van der Waals surface area contributed by atoms with Crippen molar-refractivity contribution in [1.82, 2.24) is 5.32 Å². The zero-order valence-corrected chi connectivity index (χ0v) is 5.98. The highest BCUT2D eigenvalue weighted by Crippen LogP contribution is 1.90. The molecule has 0 aliphatic rings. The second kappa shape index (κ2) is 4.27. The van der Waals surface area contributed by atoms with Gasteiger partial charge in [0.15, 0.2) is 5.78 Å². The maximum absolute atomic E-state index is 10.6. The van der Waals surface area contributed by atoms with Crippen molar-refractivity contribution in [2.75, 3.05) is 7.05 Å². The summed E-state index contributed by atoms with van der Waals surface area (Å²) < 4.78 is 0. The summed E-state index contributed by atoms with van der Waals surface area (Å²) in [6.07, 6.45) is 1.90. The van der Waals surface area contributed by atoms with E-state index in [2.05, 4.69) is 11.9 Å². The van der Waals surface area contributed by atoms with Gasteiger partial charge < -0.3 is 5.32 Å². The predicted octanol–water partition coefficient (Wildman–Crippen LogP) is 0.739. The minimum absolute atomic E-state index is 0.0943. The quantitative estimate of drug-likeness (QED) is 0.564. The van der Waals surface area contributed by atoms with Crippen LogP contribution in [0, 0.1) is 0 Å². The summed E-state index contributed by atoms with van der Waals surface area (Å²) in [5.74, 6) is 0.0943. The van der Waals surface area contributed by atoms with E-state index in [1.807, 2.05) is 14.0 Å². The molecule has 0 heterocycles. The molecule has 0 spiro atoms. The lowest BCUT2D eigenvalue weighted by Gasteiger charge is -2.05. The topological polar surface area (TPSA) is 29.1 Å². The highest BCUT2D eigenvalue weighted by Gasteiger charge is 2.01. The summed E-state index contributed by atoms with van der Waals surface area (Å²) in [5.41, 5.74) is 0. The molecule has 0 aliphatic carbocycles. The van der Waals surface area contributed by atoms with Crippen LogP contribution in [0.25, 0.3) is 0 Å². The van der Waals surface area contributed by atoms with Crippen LogP contribution in [0.3, 0.4) is 0 Å². The van der Waals surface area contributed by atoms with Gasteiger partial charge in [-0.25, -0.2) is 0 Å². The fraction of sp³-hybridized carbons (Fsp3) is 0.571. The molecule has 1 atom stereocenters. The van der Waals surface area contributed by atoms with Crippen molar-refractivity contribution in [3.8, 4) is 0 Å². The molecule has 52 valence electrons. The van der Waals surface area contributed by atoms with Crippen LogP contribution in [0.2, 0.25) is 0 Å². The smallest absolute Gasteiger partial charge is 0.156 e. The molecule has 0 aliphatic heterocycles. The SMILES string of the molecule is C=CC(=O)CC(C)NC. The summed E-state index contributed by atoms with van der Waals surface area (Å²) in [5, 5.41) is 2.96. The summed E-state index contributed by atoms with van der Waals surface area (Å²) in [4.78, 5) is 10.6. The van der Waals surface area contributed by atoms with E-state index < -0.39 is 0 Å². The summed E-state index contributed by atoms with van der Waals surface area (Å²) in [6.45, 7) is 5.33. The normalized spacial score (nSPS) is 12.7. The van der Waals surface area contributed by atoms with E-state index in [1.54, 1.807) is 0 Å². The van der Waals surface area contributed by atoms with E-state index in [0.29, 0.717) is 6.42 Å². The Kier molecular flexibility index (Phi) is 3.97. The van der Waals surface area contributed by atoms with Crippen LogP contribution >= 0.6 is 0 Å². The third kappa shape index (κ3) is 3.91. The van der Waals surface area contributed by atoms with E-state index in [0.717, 1.165) is 0 Å². The van der Waals surface area contributed by atoms with Gasteiger partial charge in [-0.2, -0.15) is 0 Å². The highest BCUT2D eigenvalue weighted by atomic mass is 16.1. The Balaban J connectivity index is 3.46. The van der Waals surface area contributed by atoms with Crippen molar-refractivity contribution in [3.63, 3.8) is 0 Å². The van der Waals surface area contributed by atoms with Crippen molar-refractivity contribution >= 4 is 5.78 Å². The zero-order chi connectivity index (χ0) is 7.28. The molecular weight excluding hydrogens is 114 g/mol. The molecule has 2 heteroatoms. The summed E-state index contributed by atoms with van der Waals surface area (Å²) in [7, 11) is 1.83. The average Bonchev–Trinajstić information content (AvgIpc) is 1.87. The molecule has 0 fully saturated rings. The lowest BCUT2D eigenvalue weighted by Crippen LogP contribution is -2.23. The Morgan fingerprint density at radius 2 is 2.44 bits per heavy atom. The van der Waals surface area contributed by atoms with Gasteiger partial charge in [-0.15, -0.1) is 0 Å². The van der Waals surface area contributed by atoms with E-state index in [9.17, 15) is 4.79 Å². The molecule has 0 rings (SSSR count). The molecule has 2 nitrogen and oxygen atoms in total. The monoisotopic (exact) mass is 127 g/mol. The maximum Gasteiger partial charge on any atom is 0.156 e. The van der Waals surface area contributed by atoms with Crippen molar-refractivity contribution in [3.05, 3.63) is 12.7 Å². The Morgan fingerprint density at radius 1 is 1.89 bits per heavy atom. The number of nitrogens with one attached hydrogen (secondary N) is 1. The minimum Gasteiger partial charge on any atom is -0.317 e. The van der Waals surface area contributed by atoms with Crippen LogP contribution in [-0.2, 0) is 4.79 Å². The first-order valence-corrected chi connectivity index (χ1v) is 3.03. The number of allylic oxidation sites excluding steroid dienone is 1. The molecule has 1 unspecified atom stereocenters. The standard InChI is InChI=1S/C7H13NO/c1-4-7(9)5-6(2)8-3/h4,6,8H,1,5H2,2-3H3. The van der Waals surface area contributed by atoms with Gasteiger partial charge in [0.25, 0.3) is 0 Å². The van der Waals surface area contributed by atoms with Crippen LogP contribution < -0.4 is 5.32 Å². The second-order valence-electron chi connectivity index (χ2n) is 2.06. The van der Waals surface area contributed by atoms with Crippen molar-refractivity contribution in [2.24, 2.45) is 0 Å². The molecule has 0 radical (unpaired) electrons. The molecule has 0 saturated heterocycles. The zero-order valence-electron chi connectivity index (χ0n) is 5.98. The van der Waals surface area contributed by atoms with Crippen LogP contribution in [0.1, 0.15) is 13.3 Å². The largest absolute Gasteiger partial charge is 0.317 e. The molecule has 1 N–H and O–H groups in total. The van der Waals surface area contributed by atoms with Crippen LogP contribution in [0.15, 0.2) is 12.7 Å². The van der Waals surface area contributed by atoms with Crippen molar-refractivity contribution < 1.29 is 4.79 Å². The fourth-order valence-corrected chi connectivity index (χ4v) is 0.487. The molecule has 0 saturated carbocycles. The molecule has 9 heavy (non-hydrogen) atoms. The lowest BCUT2D eigenvalue weighted by molar-refractivity contribution is -0.114. The number of carbonyl (C=O) groups is 1. The summed E-state index contributed by atoms with van der Waals surface area (Å²) >= 11 is 0. The number of ketones is 1. The van der Waals surface area contributed by atoms with Gasteiger partial charge in [0.2, 0.25) is 0 Å². The third-order valence-electron chi connectivity index (χ3n) is 1.23. The molecule has 0 bridgehead atoms. The maximum atomic E-state index is 10.6. The molecule has 0 aromatic carbocycles. The fourth-order valence-electron chi connectivity index (χ4n) is 0.487. The van der Waals surface area contributed by atoms with Crippen LogP contribution in [0.5, 0.6) is 0 Å². The van der Waals surface area contributed by atoms with Crippen LogP contribution in [0.4, 0.5) is 0 Å². The average molecular weight is 127 g/mol. The van der Waals surface area contributed by atoms with Crippen molar-refractivity contribution in [1.29, 1.82) is 0 Å². The Labute approximate surface area is 56.0 Å². The van der Waals surface area contributed by atoms with E-state index in [1.165, 1.54) is 6.08 Å². The first-order valence-electron chi connectivity index (χ1n) is 3.03. The van der Waals surface area contributed by atoms with Gasteiger partial charge in [0.05, 0.1) is 0 Å². The number of carbonyl (C=O) groups excluding carboxylic acids is 1. The van der Waals surface area contributed by atoms with Gasteiger partial charge >= 0.3 is 0 Å². The number of rotatable bonds is 4. The lowest BCUT2D eigenvalue weighted by atomic mass is 10.2. The first-order chi connectivity index (χ1) is 4.20. The Bertz CT molecular complexity index is 109. The third-order valence-corrected chi connectivity index (χ3v) is 1.23. The van der Waals surface area contributed by atoms with Gasteiger partial charge in [0, 0.05) is 12.5 Å². The van der Waals surface area contributed by atoms with E-state index >= 15 is 0 Å². The molecular formula is C7H13NO. The molecule has 0 amide bonds. The highest BCUT2D eigenvalue weighted by molar-refractivity contribution is 5.89. The number of hydrogen-bond acceptors (Lipinski definition) is 2. The second-order valence-corrected chi connectivity index (χ2v) is 2.06. The number of hydrogen-bond donors (Lipinski definition) is 1.